The molecule has 1 aromatic carbocycles. The minimum Gasteiger partial charge on any atom is -0.490 e. The Morgan fingerprint density at radius 2 is 2.06 bits per heavy atom. The number of carbonyl (C=O) groups is 1. The summed E-state index contributed by atoms with van der Waals surface area (Å²) in [7, 11) is 0. The van der Waals surface area contributed by atoms with Crippen molar-refractivity contribution >= 4 is 39.8 Å². The summed E-state index contributed by atoms with van der Waals surface area (Å²) < 4.78 is 13.2. The number of aromatic nitrogens is 2. The van der Waals surface area contributed by atoms with E-state index in [2.05, 4.69) is 48.0 Å². The van der Waals surface area contributed by atoms with Crippen LogP contribution in [0.2, 0.25) is 0 Å². The molecule has 7 nitrogen and oxygen atoms in total. The van der Waals surface area contributed by atoms with Crippen molar-refractivity contribution in [1.29, 1.82) is 0 Å². The summed E-state index contributed by atoms with van der Waals surface area (Å²) in [4.78, 5) is 20.4. The van der Waals surface area contributed by atoms with E-state index in [-0.39, 0.29) is 17.4 Å². The lowest BCUT2D eigenvalue weighted by Gasteiger charge is -2.30. The summed E-state index contributed by atoms with van der Waals surface area (Å²) in [6, 6.07) is 7.78. The van der Waals surface area contributed by atoms with Crippen molar-refractivity contribution in [3.63, 3.8) is 0 Å². The molecule has 9 heteroatoms. The maximum Gasteiger partial charge on any atom is 0.247 e. The van der Waals surface area contributed by atoms with Crippen LogP contribution in [0, 0.1) is 0 Å². The van der Waals surface area contributed by atoms with Crippen LogP contribution >= 0.6 is 23.1 Å². The lowest BCUT2D eigenvalue weighted by Crippen LogP contribution is -2.33. The van der Waals surface area contributed by atoms with Crippen LogP contribution in [-0.4, -0.2) is 28.0 Å². The second-order valence-electron chi connectivity index (χ2n) is 9.61. The highest BCUT2D eigenvalue weighted by molar-refractivity contribution is 8.00. The standard InChI is InChI=1S/C26H32N4O3S2/c1-5-22(31)29-17-9-11-19(12-10-17)32-20-8-6-7-18(13-20)30-25-28-15-24(35-25)34-16-23-27-14-21(33-23)26(2,3)4/h5,9-12,14-15,18,20H,1,6-8,13,16H2,2-4H3,(H,28,30)(H,29,31)/t18-,20?/m1/s1. The number of amides is 1. The Labute approximate surface area is 214 Å². The molecule has 186 valence electrons. The number of nitrogens with one attached hydrogen (secondary N) is 2. The smallest absolute Gasteiger partial charge is 0.247 e. The number of ether oxygens (including phenoxy) is 1. The molecular weight excluding hydrogens is 480 g/mol. The van der Waals surface area contributed by atoms with Crippen LogP contribution in [0.5, 0.6) is 5.75 Å². The van der Waals surface area contributed by atoms with Gasteiger partial charge in [-0.2, -0.15) is 0 Å². The summed E-state index contributed by atoms with van der Waals surface area (Å²) in [5.41, 5.74) is 0.686. The van der Waals surface area contributed by atoms with E-state index < -0.39 is 0 Å². The summed E-state index contributed by atoms with van der Waals surface area (Å²) in [6.07, 6.45) is 9.28. The molecule has 2 heterocycles. The highest BCUT2D eigenvalue weighted by atomic mass is 32.2. The van der Waals surface area contributed by atoms with E-state index in [1.807, 2.05) is 36.7 Å². The molecule has 2 aromatic heterocycles. The molecule has 35 heavy (non-hydrogen) atoms. The van der Waals surface area contributed by atoms with E-state index in [9.17, 15) is 4.79 Å². The second-order valence-corrected chi connectivity index (χ2v) is 11.9. The van der Waals surface area contributed by atoms with Crippen molar-refractivity contribution in [1.82, 2.24) is 9.97 Å². The summed E-state index contributed by atoms with van der Waals surface area (Å²) in [5, 5.41) is 7.27. The van der Waals surface area contributed by atoms with Gasteiger partial charge in [0.05, 0.1) is 22.4 Å². The molecular formula is C26H32N4O3S2. The maximum absolute atomic E-state index is 11.4. The zero-order chi connectivity index (χ0) is 24.8. The molecule has 2 N–H and O–H groups in total. The quantitative estimate of drug-likeness (QED) is 0.245. The first-order chi connectivity index (χ1) is 16.8. The molecule has 1 saturated carbocycles. The Bertz CT molecular complexity index is 1130. The van der Waals surface area contributed by atoms with Crippen LogP contribution in [-0.2, 0) is 16.0 Å². The third-order valence-corrected chi connectivity index (χ3v) is 7.79. The first-order valence-corrected chi connectivity index (χ1v) is 13.6. The fourth-order valence-corrected chi connectivity index (χ4v) is 5.61. The Hall–Kier alpha value is -2.78. The van der Waals surface area contributed by atoms with Crippen LogP contribution in [0.1, 0.15) is 58.1 Å². The van der Waals surface area contributed by atoms with Crippen LogP contribution in [0.4, 0.5) is 10.8 Å². The molecule has 1 unspecified atom stereocenters. The van der Waals surface area contributed by atoms with E-state index in [0.717, 1.165) is 58.1 Å². The SMILES string of the molecule is C=CC(=O)Nc1ccc(OC2CCC[C@@H](Nc3ncc(SCc4ncc(C(C)(C)C)o4)s3)C2)cc1. The number of hydrogen-bond acceptors (Lipinski definition) is 8. The van der Waals surface area contributed by atoms with Crippen molar-refractivity contribution in [3.8, 4) is 5.75 Å². The third-order valence-electron chi connectivity index (χ3n) is 5.68. The molecule has 0 aliphatic heterocycles. The van der Waals surface area contributed by atoms with Gasteiger partial charge in [-0.3, -0.25) is 4.79 Å². The van der Waals surface area contributed by atoms with Gasteiger partial charge in [0.2, 0.25) is 11.8 Å². The fraction of sp³-hybridized carbons (Fsp3) is 0.423. The predicted octanol–water partition coefficient (Wildman–Crippen LogP) is 6.65. The second kappa shape index (κ2) is 11.3. The van der Waals surface area contributed by atoms with Gasteiger partial charge < -0.3 is 19.8 Å². The number of oxazole rings is 1. The number of thiazole rings is 1. The average Bonchev–Trinajstić information content (AvgIpc) is 3.49. The van der Waals surface area contributed by atoms with Crippen LogP contribution in [0.25, 0.3) is 0 Å². The molecule has 0 saturated heterocycles. The highest BCUT2D eigenvalue weighted by Crippen LogP contribution is 2.33. The summed E-state index contributed by atoms with van der Waals surface area (Å²) in [5.74, 6) is 2.92. The molecule has 1 amide bonds. The number of carbonyl (C=O) groups excluding carboxylic acids is 1. The van der Waals surface area contributed by atoms with Gasteiger partial charge in [0.25, 0.3) is 0 Å². The van der Waals surface area contributed by atoms with Crippen molar-refractivity contribution in [2.75, 3.05) is 10.6 Å². The van der Waals surface area contributed by atoms with E-state index >= 15 is 0 Å². The number of hydrogen-bond donors (Lipinski definition) is 2. The number of benzene rings is 1. The Kier molecular flexibility index (Phi) is 8.18. The lowest BCUT2D eigenvalue weighted by atomic mass is 9.93. The molecule has 1 fully saturated rings. The van der Waals surface area contributed by atoms with Gasteiger partial charge in [-0.05, 0) is 49.6 Å². The van der Waals surface area contributed by atoms with Crippen molar-refractivity contribution in [2.24, 2.45) is 0 Å². The molecule has 2 atom stereocenters. The molecule has 4 rings (SSSR count). The third kappa shape index (κ3) is 7.35. The minimum atomic E-state index is -0.226. The molecule has 3 aromatic rings. The van der Waals surface area contributed by atoms with Gasteiger partial charge in [0.15, 0.2) is 5.13 Å². The largest absolute Gasteiger partial charge is 0.490 e. The zero-order valence-corrected chi connectivity index (χ0v) is 22.0. The normalized spacial score (nSPS) is 18.1. The lowest BCUT2D eigenvalue weighted by molar-refractivity contribution is -0.111. The van der Waals surface area contributed by atoms with Gasteiger partial charge in [-0.25, -0.2) is 9.97 Å². The number of nitrogens with zero attached hydrogens (tertiary/aromatic N) is 2. The monoisotopic (exact) mass is 512 g/mol. The van der Waals surface area contributed by atoms with Gasteiger partial charge >= 0.3 is 0 Å². The van der Waals surface area contributed by atoms with E-state index in [1.54, 1.807) is 23.1 Å². The van der Waals surface area contributed by atoms with Gasteiger partial charge in [0.1, 0.15) is 17.6 Å². The summed E-state index contributed by atoms with van der Waals surface area (Å²) >= 11 is 3.35. The molecule has 0 bridgehead atoms. The highest BCUT2D eigenvalue weighted by Gasteiger charge is 2.24. The van der Waals surface area contributed by atoms with Gasteiger partial charge in [0, 0.05) is 23.6 Å². The zero-order valence-electron chi connectivity index (χ0n) is 20.4. The maximum atomic E-state index is 11.4. The Balaban J connectivity index is 1.25. The summed E-state index contributed by atoms with van der Waals surface area (Å²) in [6.45, 7) is 9.82. The number of rotatable bonds is 9. The van der Waals surface area contributed by atoms with Crippen molar-refractivity contribution in [2.45, 2.75) is 74.0 Å². The molecule has 0 spiro atoms. The first-order valence-electron chi connectivity index (χ1n) is 11.8. The molecule has 0 radical (unpaired) electrons. The number of anilines is 2. The molecule has 1 aliphatic carbocycles. The first kappa shape index (κ1) is 25.3. The topological polar surface area (TPSA) is 89.3 Å². The van der Waals surface area contributed by atoms with E-state index in [1.165, 1.54) is 6.08 Å². The van der Waals surface area contributed by atoms with Crippen molar-refractivity contribution < 1.29 is 13.9 Å². The van der Waals surface area contributed by atoms with Crippen LogP contribution in [0.3, 0.4) is 0 Å². The van der Waals surface area contributed by atoms with E-state index in [4.69, 9.17) is 9.15 Å². The Morgan fingerprint density at radius 1 is 1.26 bits per heavy atom. The fourth-order valence-electron chi connectivity index (χ4n) is 3.81. The van der Waals surface area contributed by atoms with Crippen LogP contribution in [0.15, 0.2) is 57.9 Å². The number of thioether (sulfide) groups is 1. The van der Waals surface area contributed by atoms with Crippen LogP contribution < -0.4 is 15.4 Å². The minimum absolute atomic E-state index is 0.0361. The van der Waals surface area contributed by atoms with Gasteiger partial charge in [-0.15, -0.1) is 11.8 Å². The Morgan fingerprint density at radius 3 is 2.77 bits per heavy atom. The van der Waals surface area contributed by atoms with E-state index in [0.29, 0.717) is 11.8 Å². The predicted molar refractivity (Wildman–Crippen MR) is 142 cm³/mol. The average molecular weight is 513 g/mol. The van der Waals surface area contributed by atoms with Gasteiger partial charge in [-0.1, -0.05) is 38.7 Å². The molecule has 1 aliphatic rings. The van der Waals surface area contributed by atoms with Crippen molar-refractivity contribution in [3.05, 3.63) is 61.0 Å².